The first-order valence-electron chi connectivity index (χ1n) is 6.50. The topological polar surface area (TPSA) is 98.0 Å². The van der Waals surface area contributed by atoms with Crippen LogP contribution in [0.2, 0.25) is 0 Å². The van der Waals surface area contributed by atoms with Gasteiger partial charge in [-0.25, -0.2) is 10.2 Å². The second-order valence-corrected chi connectivity index (χ2v) is 4.23. The van der Waals surface area contributed by atoms with E-state index < -0.39 is 0 Å². The van der Waals surface area contributed by atoms with Crippen molar-refractivity contribution in [1.29, 1.82) is 0 Å². The lowest BCUT2D eigenvalue weighted by molar-refractivity contribution is 0.312. The molecule has 0 aliphatic rings. The van der Waals surface area contributed by atoms with E-state index in [0.717, 1.165) is 0 Å². The van der Waals surface area contributed by atoms with Crippen LogP contribution >= 0.6 is 0 Å². The molecule has 1 aromatic heterocycles. The Morgan fingerprint density at radius 3 is 2.62 bits per heavy atom. The Hall–Kier alpha value is -2.48. The van der Waals surface area contributed by atoms with E-state index in [1.165, 1.54) is 6.07 Å². The molecule has 0 bridgehead atoms. The molecule has 2 aromatic rings. The van der Waals surface area contributed by atoms with Crippen LogP contribution in [0.4, 0.5) is 16.3 Å². The van der Waals surface area contributed by atoms with Crippen LogP contribution in [0, 0.1) is 5.82 Å². The van der Waals surface area contributed by atoms with Crippen LogP contribution in [0.25, 0.3) is 0 Å². The fourth-order valence-electron chi connectivity index (χ4n) is 1.78. The van der Waals surface area contributed by atoms with Gasteiger partial charge in [0.1, 0.15) is 5.82 Å². The van der Waals surface area contributed by atoms with Crippen molar-refractivity contribution < 1.29 is 9.13 Å². The van der Waals surface area contributed by atoms with Gasteiger partial charge in [-0.3, -0.25) is 5.43 Å². The number of nitrogens with one attached hydrogen (secondary N) is 2. The minimum absolute atomic E-state index is 0.142. The van der Waals surface area contributed by atoms with Crippen LogP contribution in [-0.4, -0.2) is 21.6 Å². The van der Waals surface area contributed by atoms with E-state index in [1.807, 2.05) is 6.92 Å². The number of ether oxygens (including phenoxy) is 1. The maximum Gasteiger partial charge on any atom is 0.323 e. The van der Waals surface area contributed by atoms with Gasteiger partial charge >= 0.3 is 6.01 Å². The van der Waals surface area contributed by atoms with E-state index in [2.05, 4.69) is 25.7 Å². The first-order chi connectivity index (χ1) is 10.1. The van der Waals surface area contributed by atoms with Gasteiger partial charge in [-0.05, 0) is 19.9 Å². The predicted octanol–water partition coefficient (Wildman–Crippen LogP) is 1.87. The monoisotopic (exact) mass is 292 g/mol. The summed E-state index contributed by atoms with van der Waals surface area (Å²) in [6, 6.07) is 6.32. The summed E-state index contributed by atoms with van der Waals surface area (Å²) in [5.74, 6) is 5.42. The molecule has 0 aliphatic heterocycles. The number of rotatable bonds is 6. The van der Waals surface area contributed by atoms with Gasteiger partial charge in [0, 0.05) is 5.56 Å². The Balaban J connectivity index is 2.22. The highest BCUT2D eigenvalue weighted by Crippen LogP contribution is 2.21. The van der Waals surface area contributed by atoms with Crippen molar-refractivity contribution >= 4 is 11.9 Å². The standard InChI is InChI=1S/C13H17FN6O/c1-3-21-13-18-11(17-12(19-13)20-15)16-8(2)9-6-4-5-7-10(9)14/h4-8H,3,15H2,1-2H3,(H2,16,17,18,19,20). The smallest absolute Gasteiger partial charge is 0.323 e. The van der Waals surface area contributed by atoms with Crippen molar-refractivity contribution in [3.05, 3.63) is 35.6 Å². The van der Waals surface area contributed by atoms with Crippen molar-refractivity contribution in [3.8, 4) is 6.01 Å². The van der Waals surface area contributed by atoms with Gasteiger partial charge in [-0.1, -0.05) is 18.2 Å². The SMILES string of the molecule is CCOc1nc(NN)nc(NC(C)c2ccccc2F)n1. The quantitative estimate of drug-likeness (QED) is 0.552. The molecule has 4 N–H and O–H groups in total. The van der Waals surface area contributed by atoms with Gasteiger partial charge in [0.15, 0.2) is 0 Å². The molecular weight excluding hydrogens is 275 g/mol. The summed E-state index contributed by atoms with van der Waals surface area (Å²) in [6.07, 6.45) is 0. The largest absolute Gasteiger partial charge is 0.464 e. The van der Waals surface area contributed by atoms with E-state index in [-0.39, 0.29) is 29.8 Å². The number of nitrogens with two attached hydrogens (primary N) is 1. The Morgan fingerprint density at radius 2 is 1.95 bits per heavy atom. The highest BCUT2D eigenvalue weighted by molar-refractivity contribution is 5.38. The third kappa shape index (κ3) is 3.76. The Morgan fingerprint density at radius 1 is 1.24 bits per heavy atom. The maximum absolute atomic E-state index is 13.7. The van der Waals surface area contributed by atoms with Gasteiger partial charge in [0.05, 0.1) is 12.6 Å². The summed E-state index contributed by atoms with van der Waals surface area (Å²) in [4.78, 5) is 12.1. The molecule has 0 amide bonds. The fraction of sp³-hybridized carbons (Fsp3) is 0.308. The molecule has 1 heterocycles. The number of hydrazine groups is 1. The third-order valence-electron chi connectivity index (χ3n) is 2.73. The van der Waals surface area contributed by atoms with E-state index >= 15 is 0 Å². The molecule has 0 fully saturated rings. The van der Waals surface area contributed by atoms with Crippen LogP contribution in [0.3, 0.4) is 0 Å². The summed E-state index contributed by atoms with van der Waals surface area (Å²) in [5.41, 5.74) is 2.85. The number of aromatic nitrogens is 3. The van der Waals surface area contributed by atoms with E-state index in [1.54, 1.807) is 25.1 Å². The Kier molecular flexibility index (Phi) is 4.83. The fourth-order valence-corrected chi connectivity index (χ4v) is 1.78. The van der Waals surface area contributed by atoms with Gasteiger partial charge in [-0.15, -0.1) is 0 Å². The van der Waals surface area contributed by atoms with Gasteiger partial charge < -0.3 is 10.1 Å². The van der Waals surface area contributed by atoms with E-state index in [4.69, 9.17) is 10.6 Å². The molecule has 0 saturated heterocycles. The second kappa shape index (κ2) is 6.80. The van der Waals surface area contributed by atoms with Gasteiger partial charge in [-0.2, -0.15) is 15.0 Å². The van der Waals surface area contributed by atoms with Gasteiger partial charge in [0.25, 0.3) is 0 Å². The lowest BCUT2D eigenvalue weighted by Gasteiger charge is -2.15. The molecule has 0 radical (unpaired) electrons. The summed E-state index contributed by atoms with van der Waals surface area (Å²) < 4.78 is 19.0. The number of hydrogen-bond donors (Lipinski definition) is 3. The molecule has 1 aromatic carbocycles. The highest BCUT2D eigenvalue weighted by Gasteiger charge is 2.13. The van der Waals surface area contributed by atoms with Crippen molar-refractivity contribution in [2.24, 2.45) is 5.84 Å². The maximum atomic E-state index is 13.7. The average Bonchev–Trinajstić information content (AvgIpc) is 2.47. The summed E-state index contributed by atoms with van der Waals surface area (Å²) in [5, 5.41) is 2.99. The summed E-state index contributed by atoms with van der Waals surface area (Å²) >= 11 is 0. The number of nitrogens with zero attached hydrogens (tertiary/aromatic N) is 3. The zero-order valence-electron chi connectivity index (χ0n) is 11.8. The summed E-state index contributed by atoms with van der Waals surface area (Å²) in [6.45, 7) is 4.03. The molecule has 0 saturated carbocycles. The Bertz CT molecular complexity index is 609. The van der Waals surface area contributed by atoms with E-state index in [9.17, 15) is 4.39 Å². The molecule has 112 valence electrons. The van der Waals surface area contributed by atoms with Gasteiger partial charge in [0.2, 0.25) is 11.9 Å². The number of nitrogen functional groups attached to an aromatic ring is 1. The van der Waals surface area contributed by atoms with E-state index in [0.29, 0.717) is 12.2 Å². The van der Waals surface area contributed by atoms with Crippen LogP contribution in [0.15, 0.2) is 24.3 Å². The second-order valence-electron chi connectivity index (χ2n) is 4.23. The molecule has 0 aliphatic carbocycles. The zero-order chi connectivity index (χ0) is 15.2. The molecule has 0 spiro atoms. The average molecular weight is 292 g/mol. The zero-order valence-corrected chi connectivity index (χ0v) is 11.8. The third-order valence-corrected chi connectivity index (χ3v) is 2.73. The molecule has 8 heteroatoms. The first-order valence-corrected chi connectivity index (χ1v) is 6.50. The van der Waals surface area contributed by atoms with Crippen LogP contribution < -0.4 is 21.3 Å². The number of benzene rings is 1. The summed E-state index contributed by atoms with van der Waals surface area (Å²) in [7, 11) is 0. The van der Waals surface area contributed by atoms with Crippen LogP contribution in [0.1, 0.15) is 25.5 Å². The molecule has 1 atom stereocenters. The Labute approximate surface area is 121 Å². The minimum Gasteiger partial charge on any atom is -0.464 e. The lowest BCUT2D eigenvalue weighted by atomic mass is 10.1. The molecule has 1 unspecified atom stereocenters. The molecular formula is C13H17FN6O. The predicted molar refractivity (Wildman–Crippen MR) is 77.2 cm³/mol. The number of anilines is 2. The normalized spacial score (nSPS) is 11.8. The van der Waals surface area contributed by atoms with Crippen molar-refractivity contribution in [2.45, 2.75) is 19.9 Å². The van der Waals surface area contributed by atoms with Crippen LogP contribution in [0.5, 0.6) is 6.01 Å². The highest BCUT2D eigenvalue weighted by atomic mass is 19.1. The minimum atomic E-state index is -0.325. The van der Waals surface area contributed by atoms with Crippen molar-refractivity contribution in [2.75, 3.05) is 17.3 Å². The molecule has 7 nitrogen and oxygen atoms in total. The molecule has 2 rings (SSSR count). The lowest BCUT2D eigenvalue weighted by Crippen LogP contribution is -2.16. The molecule has 21 heavy (non-hydrogen) atoms. The first kappa shape index (κ1) is 14.9. The van der Waals surface area contributed by atoms with Crippen molar-refractivity contribution in [1.82, 2.24) is 15.0 Å². The van der Waals surface area contributed by atoms with Crippen molar-refractivity contribution in [3.63, 3.8) is 0 Å². The van der Waals surface area contributed by atoms with Crippen LogP contribution in [-0.2, 0) is 0 Å². The number of hydrogen-bond acceptors (Lipinski definition) is 7. The number of halogens is 1.